The number of aromatic nitrogens is 4. The number of hydrogen-bond acceptors (Lipinski definition) is 5. The van der Waals surface area contributed by atoms with Crippen LogP contribution in [0.1, 0.15) is 27.4 Å². The third-order valence-electron chi connectivity index (χ3n) is 5.17. The van der Waals surface area contributed by atoms with Gasteiger partial charge in [0.25, 0.3) is 5.91 Å². The van der Waals surface area contributed by atoms with Gasteiger partial charge < -0.3 is 20.4 Å². The summed E-state index contributed by atoms with van der Waals surface area (Å²) < 4.78 is 48.3. The van der Waals surface area contributed by atoms with Gasteiger partial charge in [-0.25, -0.2) is 9.67 Å². The molecule has 0 fully saturated rings. The molecule has 3 N–H and O–H groups in total. The number of anilines is 1. The summed E-state index contributed by atoms with van der Waals surface area (Å²) in [5.41, 5.74) is 7.02. The molecule has 34 heavy (non-hydrogen) atoms. The molecule has 0 aliphatic rings. The topological polar surface area (TPSA) is 100.0 Å². The highest BCUT2D eigenvalue weighted by atomic mass is 19.4. The molecule has 8 nitrogen and oxygen atoms in total. The van der Waals surface area contributed by atoms with E-state index in [1.54, 1.807) is 42.9 Å². The van der Waals surface area contributed by atoms with Crippen molar-refractivity contribution in [3.05, 3.63) is 83.7 Å². The summed E-state index contributed by atoms with van der Waals surface area (Å²) in [6, 6.07) is 12.2. The van der Waals surface area contributed by atoms with Crippen LogP contribution in [0.4, 0.5) is 18.9 Å². The number of nitrogens with two attached hydrogens (primary N) is 1. The normalized spacial score (nSPS) is 11.5. The summed E-state index contributed by atoms with van der Waals surface area (Å²) in [5.74, 6) is -0.286. The molecule has 0 unspecified atom stereocenters. The lowest BCUT2D eigenvalue weighted by Crippen LogP contribution is -2.18. The number of hydrogen-bond donors (Lipinski definition) is 2. The third kappa shape index (κ3) is 4.50. The summed E-state index contributed by atoms with van der Waals surface area (Å²) in [7, 11) is 1.46. The number of aryl methyl sites for hydroxylation is 1. The Morgan fingerprint density at radius 3 is 2.62 bits per heavy atom. The van der Waals surface area contributed by atoms with E-state index >= 15 is 0 Å². The van der Waals surface area contributed by atoms with E-state index in [1.165, 1.54) is 13.2 Å². The minimum Gasteiger partial charge on any atom is -0.497 e. The summed E-state index contributed by atoms with van der Waals surface area (Å²) >= 11 is 0. The molecule has 2 aromatic carbocycles. The molecule has 11 heteroatoms. The Hall–Kier alpha value is -4.12. The van der Waals surface area contributed by atoms with Crippen LogP contribution in [0, 0.1) is 6.92 Å². The van der Waals surface area contributed by atoms with Crippen molar-refractivity contribution in [2.45, 2.75) is 19.6 Å². The number of amides is 1. The van der Waals surface area contributed by atoms with E-state index in [-0.39, 0.29) is 17.9 Å². The van der Waals surface area contributed by atoms with E-state index in [1.807, 2.05) is 17.6 Å². The second-order valence-electron chi connectivity index (χ2n) is 7.43. The van der Waals surface area contributed by atoms with Gasteiger partial charge in [-0.3, -0.25) is 4.79 Å². The Morgan fingerprint density at radius 1 is 1.18 bits per heavy atom. The zero-order chi connectivity index (χ0) is 24.5. The lowest BCUT2D eigenvalue weighted by Gasteiger charge is -2.13. The largest absolute Gasteiger partial charge is 0.497 e. The average Bonchev–Trinajstić information content (AvgIpc) is 3.45. The van der Waals surface area contributed by atoms with Crippen LogP contribution in [0.25, 0.3) is 11.4 Å². The molecule has 0 radical (unpaired) electrons. The fourth-order valence-corrected chi connectivity index (χ4v) is 3.48. The third-order valence-corrected chi connectivity index (χ3v) is 5.17. The molecule has 4 aromatic rings. The zero-order valence-electron chi connectivity index (χ0n) is 18.3. The van der Waals surface area contributed by atoms with E-state index in [2.05, 4.69) is 15.4 Å². The molecular weight excluding hydrogens is 449 g/mol. The standard InChI is InChI=1S/C23H21F3N6O2/c1-14-12-28-13-31(14)17-5-3-4-16(9-17)29-22(33)20-10-21(23(24,25)26)30-32(20)19-7-6-18(34-2)8-15(19)11-27/h3-10,12-13H,11,27H2,1-2H3,(H,29,33). The quantitative estimate of drug-likeness (QED) is 0.442. The van der Waals surface area contributed by atoms with Gasteiger partial charge in [-0.15, -0.1) is 0 Å². The SMILES string of the molecule is COc1ccc(-n2nc(C(F)(F)F)cc2C(=O)Nc2cccc(-n3cncc3C)c2)c(CN)c1. The molecule has 4 rings (SSSR count). The second kappa shape index (κ2) is 9.02. The van der Waals surface area contributed by atoms with Crippen LogP contribution in [0.3, 0.4) is 0 Å². The minimum atomic E-state index is -4.74. The highest BCUT2D eigenvalue weighted by Crippen LogP contribution is 2.31. The Bertz CT molecular complexity index is 1340. The first-order chi connectivity index (χ1) is 16.2. The number of ether oxygens (including phenoxy) is 1. The van der Waals surface area contributed by atoms with E-state index in [0.29, 0.717) is 23.1 Å². The van der Waals surface area contributed by atoms with E-state index in [0.717, 1.165) is 16.1 Å². The van der Waals surface area contributed by atoms with Crippen LogP contribution in [0.15, 0.2) is 61.1 Å². The van der Waals surface area contributed by atoms with E-state index < -0.39 is 17.8 Å². The smallest absolute Gasteiger partial charge is 0.435 e. The van der Waals surface area contributed by atoms with Gasteiger partial charge in [0, 0.05) is 35.9 Å². The van der Waals surface area contributed by atoms with Gasteiger partial charge in [-0.1, -0.05) is 6.07 Å². The predicted octanol–water partition coefficient (Wildman–Crippen LogP) is 4.10. The first-order valence-electron chi connectivity index (χ1n) is 10.2. The highest BCUT2D eigenvalue weighted by molar-refractivity contribution is 6.03. The van der Waals surface area contributed by atoms with Crippen LogP contribution in [-0.2, 0) is 12.7 Å². The first-order valence-corrected chi connectivity index (χ1v) is 10.2. The maximum absolute atomic E-state index is 13.5. The predicted molar refractivity (Wildman–Crippen MR) is 119 cm³/mol. The minimum absolute atomic E-state index is 0.00110. The molecule has 0 atom stereocenters. The molecule has 176 valence electrons. The molecule has 0 bridgehead atoms. The molecule has 0 aliphatic carbocycles. The fraction of sp³-hybridized carbons (Fsp3) is 0.174. The van der Waals surface area contributed by atoms with Crippen LogP contribution < -0.4 is 15.8 Å². The number of rotatable bonds is 6. The summed E-state index contributed by atoms with van der Waals surface area (Å²) in [6.07, 6.45) is -1.43. The van der Waals surface area contributed by atoms with Gasteiger partial charge in [-0.2, -0.15) is 18.3 Å². The monoisotopic (exact) mass is 470 g/mol. The molecule has 1 amide bonds. The van der Waals surface area contributed by atoms with Crippen molar-refractivity contribution in [2.75, 3.05) is 12.4 Å². The Kier molecular flexibility index (Phi) is 6.12. The first kappa shape index (κ1) is 23.1. The number of methoxy groups -OCH3 is 1. The summed E-state index contributed by atoms with van der Waals surface area (Å²) in [4.78, 5) is 17.2. The molecule has 0 saturated heterocycles. The van der Waals surface area contributed by atoms with Crippen LogP contribution in [0.5, 0.6) is 5.75 Å². The number of imidazole rings is 1. The van der Waals surface area contributed by atoms with Gasteiger partial charge in [0.2, 0.25) is 0 Å². The summed E-state index contributed by atoms with van der Waals surface area (Å²) in [6.45, 7) is 1.88. The van der Waals surface area contributed by atoms with Gasteiger partial charge in [0.05, 0.1) is 19.1 Å². The number of nitrogens with one attached hydrogen (secondary N) is 1. The van der Waals surface area contributed by atoms with Crippen molar-refractivity contribution in [3.63, 3.8) is 0 Å². The molecule has 0 aliphatic heterocycles. The zero-order valence-corrected chi connectivity index (χ0v) is 18.3. The highest BCUT2D eigenvalue weighted by Gasteiger charge is 2.36. The number of carbonyl (C=O) groups excluding carboxylic acids is 1. The molecular formula is C23H21F3N6O2. The van der Waals surface area contributed by atoms with Crippen LogP contribution in [0.2, 0.25) is 0 Å². The van der Waals surface area contributed by atoms with Gasteiger partial charge >= 0.3 is 6.18 Å². The Balaban J connectivity index is 1.74. The van der Waals surface area contributed by atoms with Crippen molar-refractivity contribution >= 4 is 11.6 Å². The second-order valence-corrected chi connectivity index (χ2v) is 7.43. The van der Waals surface area contributed by atoms with Gasteiger partial charge in [0.15, 0.2) is 5.69 Å². The fourth-order valence-electron chi connectivity index (χ4n) is 3.48. The van der Waals surface area contributed by atoms with Gasteiger partial charge in [-0.05, 0) is 48.9 Å². The van der Waals surface area contributed by atoms with E-state index in [4.69, 9.17) is 10.5 Å². The Morgan fingerprint density at radius 2 is 1.97 bits per heavy atom. The van der Waals surface area contributed by atoms with E-state index in [9.17, 15) is 18.0 Å². The maximum atomic E-state index is 13.5. The average molecular weight is 470 g/mol. The van der Waals surface area contributed by atoms with Crippen LogP contribution in [-0.4, -0.2) is 32.3 Å². The molecule has 2 aromatic heterocycles. The van der Waals surface area contributed by atoms with Crippen molar-refractivity contribution in [1.82, 2.24) is 19.3 Å². The number of carbonyl (C=O) groups is 1. The number of alkyl halides is 3. The lowest BCUT2D eigenvalue weighted by atomic mass is 10.1. The number of benzene rings is 2. The molecule has 2 heterocycles. The van der Waals surface area contributed by atoms with Crippen molar-refractivity contribution < 1.29 is 22.7 Å². The maximum Gasteiger partial charge on any atom is 0.435 e. The number of nitrogens with zero attached hydrogens (tertiary/aromatic N) is 4. The number of halogens is 3. The van der Waals surface area contributed by atoms with Gasteiger partial charge in [0.1, 0.15) is 11.4 Å². The Labute approximate surface area is 192 Å². The van der Waals surface area contributed by atoms with Crippen molar-refractivity contribution in [1.29, 1.82) is 0 Å². The van der Waals surface area contributed by atoms with Crippen molar-refractivity contribution in [2.24, 2.45) is 5.73 Å². The molecule has 0 spiro atoms. The molecule has 0 saturated carbocycles. The van der Waals surface area contributed by atoms with Crippen LogP contribution >= 0.6 is 0 Å². The lowest BCUT2D eigenvalue weighted by molar-refractivity contribution is -0.141. The van der Waals surface area contributed by atoms with Crippen molar-refractivity contribution in [3.8, 4) is 17.1 Å². The summed E-state index contributed by atoms with van der Waals surface area (Å²) in [5, 5.41) is 6.33.